The molecule has 0 bridgehead atoms. The fourth-order valence-corrected chi connectivity index (χ4v) is 4.30. The molecule has 0 spiro atoms. The zero-order chi connectivity index (χ0) is 20.8. The van der Waals surface area contributed by atoms with Gasteiger partial charge < -0.3 is 21.7 Å². The maximum atomic E-state index is 13.1. The van der Waals surface area contributed by atoms with Crippen molar-refractivity contribution in [3.63, 3.8) is 0 Å². The van der Waals surface area contributed by atoms with Crippen LogP contribution in [0.1, 0.15) is 36.1 Å². The minimum absolute atomic E-state index is 0. The number of benzene rings is 1. The Morgan fingerprint density at radius 2 is 1.74 bits per heavy atom. The van der Waals surface area contributed by atoms with E-state index in [1.807, 2.05) is 7.05 Å². The van der Waals surface area contributed by atoms with Crippen LogP contribution < -0.4 is 21.7 Å². The van der Waals surface area contributed by atoms with Crippen molar-refractivity contribution >= 4 is 42.0 Å². The zero-order valence-corrected chi connectivity index (χ0v) is 18.8. The van der Waals surface area contributed by atoms with Crippen molar-refractivity contribution in [1.29, 1.82) is 0 Å². The fraction of sp³-hybridized carbons (Fsp3) is 0.500. The van der Waals surface area contributed by atoms with Crippen molar-refractivity contribution in [3.8, 4) is 11.4 Å². The number of nitrogen functional groups attached to an aromatic ring is 2. The topological polar surface area (TPSA) is 93.1 Å². The van der Waals surface area contributed by atoms with Crippen molar-refractivity contribution < 1.29 is 13.2 Å². The maximum Gasteiger partial charge on any atom is 0.416 e. The van der Waals surface area contributed by atoms with Crippen LogP contribution in [0.3, 0.4) is 0 Å². The van der Waals surface area contributed by atoms with Crippen molar-refractivity contribution in [2.45, 2.75) is 44.3 Å². The van der Waals surface area contributed by atoms with Crippen LogP contribution in [0.15, 0.2) is 12.1 Å². The molecule has 1 atom stereocenters. The van der Waals surface area contributed by atoms with Gasteiger partial charge in [0.15, 0.2) is 5.82 Å². The summed E-state index contributed by atoms with van der Waals surface area (Å²) in [5.74, 6) is 1.16. The summed E-state index contributed by atoms with van der Waals surface area (Å²) in [5.41, 5.74) is 13.3. The molecule has 172 valence electrons. The highest BCUT2D eigenvalue weighted by molar-refractivity contribution is 5.86. The van der Waals surface area contributed by atoms with Gasteiger partial charge in [0.2, 0.25) is 0 Å². The van der Waals surface area contributed by atoms with Gasteiger partial charge in [0.25, 0.3) is 0 Å². The number of aryl methyl sites for hydroxylation is 1. The molecular formula is C20H27Cl2F3N6. The second-order valence-electron chi connectivity index (χ2n) is 7.75. The van der Waals surface area contributed by atoms with Crippen LogP contribution in [0.2, 0.25) is 0 Å². The van der Waals surface area contributed by atoms with E-state index in [1.54, 1.807) is 0 Å². The Morgan fingerprint density at radius 3 is 2.35 bits per heavy atom. The minimum atomic E-state index is -4.51. The van der Waals surface area contributed by atoms with Crippen LogP contribution in [0.25, 0.3) is 11.4 Å². The molecule has 0 saturated carbocycles. The van der Waals surface area contributed by atoms with Gasteiger partial charge in [-0.15, -0.1) is 24.8 Å². The summed E-state index contributed by atoms with van der Waals surface area (Å²) >= 11 is 0. The summed E-state index contributed by atoms with van der Waals surface area (Å²) in [6.07, 6.45) is 0.351. The second-order valence-corrected chi connectivity index (χ2v) is 7.75. The number of aromatic nitrogens is 2. The van der Waals surface area contributed by atoms with Gasteiger partial charge in [-0.1, -0.05) is 0 Å². The SMILES string of the molecule is CNC1CCCN(c2nc(-c3c(N)cc(C(F)(F)F)cc3N)nc3c2CCC3)C1.Cl.Cl. The number of nitrogens with two attached hydrogens (primary N) is 2. The van der Waals surface area contributed by atoms with Crippen LogP contribution in [-0.4, -0.2) is 36.1 Å². The first-order valence-electron chi connectivity index (χ1n) is 9.86. The Bertz CT molecular complexity index is 915. The first-order valence-corrected chi connectivity index (χ1v) is 9.86. The van der Waals surface area contributed by atoms with Gasteiger partial charge >= 0.3 is 6.18 Å². The number of alkyl halides is 3. The highest BCUT2D eigenvalue weighted by Crippen LogP contribution is 2.40. The van der Waals surface area contributed by atoms with E-state index < -0.39 is 11.7 Å². The molecule has 1 aromatic heterocycles. The molecule has 31 heavy (non-hydrogen) atoms. The molecule has 2 heterocycles. The lowest BCUT2D eigenvalue weighted by molar-refractivity contribution is -0.137. The molecule has 1 saturated heterocycles. The van der Waals surface area contributed by atoms with Gasteiger partial charge in [-0.05, 0) is 51.3 Å². The molecular weight excluding hydrogens is 452 g/mol. The first-order chi connectivity index (χ1) is 13.8. The quantitative estimate of drug-likeness (QED) is 0.580. The van der Waals surface area contributed by atoms with Crippen LogP contribution in [0.4, 0.5) is 30.4 Å². The van der Waals surface area contributed by atoms with E-state index in [4.69, 9.17) is 16.5 Å². The molecule has 11 heteroatoms. The smallest absolute Gasteiger partial charge is 0.398 e. The molecule has 6 nitrogen and oxygen atoms in total. The molecule has 1 fully saturated rings. The Hall–Kier alpha value is -1.97. The minimum Gasteiger partial charge on any atom is -0.398 e. The Kier molecular flexibility index (Phi) is 7.89. The molecule has 5 N–H and O–H groups in total. The van der Waals surface area contributed by atoms with E-state index in [9.17, 15) is 13.2 Å². The van der Waals surface area contributed by atoms with E-state index in [2.05, 4.69) is 15.2 Å². The van der Waals surface area contributed by atoms with E-state index in [1.165, 1.54) is 0 Å². The largest absolute Gasteiger partial charge is 0.416 e. The number of fused-ring (bicyclic) bond motifs is 1. The second kappa shape index (κ2) is 9.67. The molecule has 2 aromatic rings. The van der Waals surface area contributed by atoms with Crippen molar-refractivity contribution in [1.82, 2.24) is 15.3 Å². The lowest BCUT2D eigenvalue weighted by Crippen LogP contribution is -2.45. The van der Waals surface area contributed by atoms with E-state index in [-0.39, 0.29) is 41.8 Å². The molecule has 1 aliphatic heterocycles. The van der Waals surface area contributed by atoms with Gasteiger partial charge in [-0.2, -0.15) is 13.2 Å². The van der Waals surface area contributed by atoms with E-state index >= 15 is 0 Å². The zero-order valence-electron chi connectivity index (χ0n) is 17.1. The van der Waals surface area contributed by atoms with Crippen molar-refractivity contribution in [2.24, 2.45) is 0 Å². The summed E-state index contributed by atoms with van der Waals surface area (Å²) in [6, 6.07) is 2.18. The molecule has 1 aromatic carbocycles. The normalized spacial score (nSPS) is 18.2. The predicted molar refractivity (Wildman–Crippen MR) is 122 cm³/mol. The van der Waals surface area contributed by atoms with Crippen molar-refractivity contribution in [2.75, 3.05) is 36.5 Å². The van der Waals surface area contributed by atoms with Crippen LogP contribution >= 0.6 is 24.8 Å². The first kappa shape index (κ1) is 25.3. The van der Waals surface area contributed by atoms with Gasteiger partial charge in [-0.25, -0.2) is 9.97 Å². The number of anilines is 3. The Balaban J connectivity index is 0.00000171. The van der Waals surface area contributed by atoms with Gasteiger partial charge in [0, 0.05) is 41.8 Å². The number of hydrogen-bond donors (Lipinski definition) is 3. The van der Waals surface area contributed by atoms with Crippen molar-refractivity contribution in [3.05, 3.63) is 29.0 Å². The highest BCUT2D eigenvalue weighted by atomic mass is 35.5. The van der Waals surface area contributed by atoms with Gasteiger partial charge in [0.1, 0.15) is 5.82 Å². The van der Waals surface area contributed by atoms with Gasteiger partial charge in [0.05, 0.1) is 11.1 Å². The maximum absolute atomic E-state index is 13.1. The number of rotatable bonds is 3. The molecule has 1 aliphatic carbocycles. The number of halogens is 5. The molecule has 0 amide bonds. The molecule has 0 radical (unpaired) electrons. The van der Waals surface area contributed by atoms with E-state index in [0.717, 1.165) is 74.4 Å². The third-order valence-electron chi connectivity index (χ3n) is 5.79. The number of piperidine rings is 1. The van der Waals surface area contributed by atoms with E-state index in [0.29, 0.717) is 11.9 Å². The summed E-state index contributed by atoms with van der Waals surface area (Å²) < 4.78 is 39.3. The standard InChI is InChI=1S/C20H25F3N6.2ClH/c1-26-12-4-3-7-29(10-12)19-13-5-2-6-16(13)27-18(28-19)17-14(24)8-11(9-15(17)25)20(21,22)23;;/h8-9,12,26H,2-7,10,24-25H2,1H3;2*1H. The Morgan fingerprint density at radius 1 is 1.06 bits per heavy atom. The lowest BCUT2D eigenvalue weighted by Gasteiger charge is -2.34. The van der Waals surface area contributed by atoms with Gasteiger partial charge in [-0.3, -0.25) is 0 Å². The summed E-state index contributed by atoms with van der Waals surface area (Å²) in [5, 5.41) is 3.32. The molecule has 1 unspecified atom stereocenters. The highest BCUT2D eigenvalue weighted by Gasteiger charge is 2.33. The average Bonchev–Trinajstić information content (AvgIpc) is 3.14. The van der Waals surface area contributed by atoms with Crippen LogP contribution in [0, 0.1) is 0 Å². The number of nitrogens with one attached hydrogen (secondary N) is 1. The number of hydrogen-bond acceptors (Lipinski definition) is 6. The number of nitrogens with zero attached hydrogens (tertiary/aromatic N) is 3. The molecule has 2 aliphatic rings. The Labute approximate surface area is 191 Å². The predicted octanol–water partition coefficient (Wildman–Crippen LogP) is 3.85. The number of likely N-dealkylation sites (N-methyl/N-ethyl adjacent to an activating group) is 1. The summed E-state index contributed by atoms with van der Waals surface area (Å²) in [6.45, 7) is 1.72. The lowest BCUT2D eigenvalue weighted by atomic mass is 10.0. The summed E-state index contributed by atoms with van der Waals surface area (Å²) in [7, 11) is 1.95. The third kappa shape index (κ3) is 4.94. The third-order valence-corrected chi connectivity index (χ3v) is 5.79. The van der Waals surface area contributed by atoms with Crippen LogP contribution in [0.5, 0.6) is 0 Å². The molecule has 4 rings (SSSR count). The monoisotopic (exact) mass is 478 g/mol. The van der Waals surface area contributed by atoms with Crippen LogP contribution in [-0.2, 0) is 19.0 Å². The average molecular weight is 479 g/mol. The fourth-order valence-electron chi connectivity index (χ4n) is 4.30. The summed E-state index contributed by atoms with van der Waals surface area (Å²) in [4.78, 5) is 11.6.